The number of amides is 1. The average molecular weight is 396 g/mol. The van der Waals surface area contributed by atoms with Gasteiger partial charge in [0, 0.05) is 24.6 Å². The van der Waals surface area contributed by atoms with Gasteiger partial charge in [-0.2, -0.15) is 5.10 Å². The Kier molecular flexibility index (Phi) is 5.37. The number of carbonyl (C=O) groups is 1. The van der Waals surface area contributed by atoms with E-state index in [0.717, 1.165) is 41.5 Å². The van der Waals surface area contributed by atoms with Crippen LogP contribution in [0.4, 0.5) is 16.2 Å². The second-order valence-electron chi connectivity index (χ2n) is 6.83. The molecule has 0 unspecified atom stereocenters. The lowest BCUT2D eigenvalue weighted by Gasteiger charge is -2.31. The van der Waals surface area contributed by atoms with Crippen molar-refractivity contribution in [3.05, 3.63) is 53.9 Å². The molecule has 1 amide bonds. The van der Waals surface area contributed by atoms with Crippen LogP contribution in [0.15, 0.2) is 36.8 Å². The SMILES string of the molecule is CCc1cc(COC(=O)Nc2ccc3c(c2)N(Cc2cnc[nH]2)CCO3)nn1C. The minimum absolute atomic E-state index is 0.125. The molecule has 4 rings (SSSR count). The first-order valence-corrected chi connectivity index (χ1v) is 9.57. The van der Waals surface area contributed by atoms with Crippen molar-refractivity contribution in [1.29, 1.82) is 0 Å². The van der Waals surface area contributed by atoms with E-state index >= 15 is 0 Å². The normalized spacial score (nSPS) is 13.0. The Labute approximate surface area is 168 Å². The number of aromatic nitrogens is 4. The number of H-pyrrole nitrogens is 1. The van der Waals surface area contributed by atoms with Crippen LogP contribution in [-0.4, -0.2) is 39.0 Å². The van der Waals surface area contributed by atoms with E-state index in [1.807, 2.05) is 25.2 Å². The number of nitrogens with zero attached hydrogens (tertiary/aromatic N) is 4. The number of fused-ring (bicyclic) bond motifs is 1. The van der Waals surface area contributed by atoms with E-state index < -0.39 is 6.09 Å². The highest BCUT2D eigenvalue weighted by molar-refractivity contribution is 5.86. The van der Waals surface area contributed by atoms with Crippen LogP contribution < -0.4 is 15.0 Å². The molecule has 0 fully saturated rings. The monoisotopic (exact) mass is 396 g/mol. The van der Waals surface area contributed by atoms with Gasteiger partial charge in [0.1, 0.15) is 24.7 Å². The smallest absolute Gasteiger partial charge is 0.412 e. The predicted molar refractivity (Wildman–Crippen MR) is 108 cm³/mol. The molecular weight excluding hydrogens is 372 g/mol. The van der Waals surface area contributed by atoms with Gasteiger partial charge in [0.25, 0.3) is 0 Å². The van der Waals surface area contributed by atoms with Gasteiger partial charge in [-0.05, 0) is 30.7 Å². The molecular formula is C20H24N6O3. The molecule has 152 valence electrons. The van der Waals surface area contributed by atoms with Crippen molar-refractivity contribution in [3.8, 4) is 5.75 Å². The van der Waals surface area contributed by atoms with E-state index in [4.69, 9.17) is 9.47 Å². The topological polar surface area (TPSA) is 97.3 Å². The van der Waals surface area contributed by atoms with Gasteiger partial charge in [-0.15, -0.1) is 0 Å². The van der Waals surface area contributed by atoms with Gasteiger partial charge in [0.05, 0.1) is 30.8 Å². The molecule has 9 nitrogen and oxygen atoms in total. The Morgan fingerprint density at radius 2 is 2.28 bits per heavy atom. The number of hydrogen-bond acceptors (Lipinski definition) is 6. The van der Waals surface area contributed by atoms with Crippen LogP contribution in [0.5, 0.6) is 5.75 Å². The number of nitrogens with one attached hydrogen (secondary N) is 2. The van der Waals surface area contributed by atoms with Crippen LogP contribution in [0, 0.1) is 0 Å². The average Bonchev–Trinajstić information content (AvgIpc) is 3.36. The molecule has 0 aliphatic carbocycles. The first-order chi connectivity index (χ1) is 14.1. The first kappa shape index (κ1) is 18.9. The van der Waals surface area contributed by atoms with Crippen LogP contribution in [-0.2, 0) is 31.4 Å². The lowest BCUT2D eigenvalue weighted by atomic mass is 10.2. The number of ether oxygens (including phenoxy) is 2. The summed E-state index contributed by atoms with van der Waals surface area (Å²) in [5.74, 6) is 0.787. The fraction of sp³-hybridized carbons (Fsp3) is 0.350. The number of rotatable bonds is 6. The van der Waals surface area contributed by atoms with Gasteiger partial charge in [0.15, 0.2) is 0 Å². The highest BCUT2D eigenvalue weighted by atomic mass is 16.5. The van der Waals surface area contributed by atoms with E-state index in [9.17, 15) is 4.79 Å². The van der Waals surface area contributed by atoms with Gasteiger partial charge in [-0.25, -0.2) is 9.78 Å². The molecule has 0 saturated heterocycles. The molecule has 0 atom stereocenters. The fourth-order valence-electron chi connectivity index (χ4n) is 3.36. The maximum Gasteiger partial charge on any atom is 0.412 e. The highest BCUT2D eigenvalue weighted by Gasteiger charge is 2.20. The maximum atomic E-state index is 12.2. The molecule has 1 aliphatic heterocycles. The van der Waals surface area contributed by atoms with Gasteiger partial charge in [-0.1, -0.05) is 6.92 Å². The Balaban J connectivity index is 1.40. The summed E-state index contributed by atoms with van der Waals surface area (Å²) in [6.45, 7) is 4.23. The summed E-state index contributed by atoms with van der Waals surface area (Å²) >= 11 is 0. The van der Waals surface area contributed by atoms with Crippen LogP contribution in [0.25, 0.3) is 0 Å². The number of aryl methyl sites for hydroxylation is 2. The van der Waals surface area contributed by atoms with Crippen molar-refractivity contribution < 1.29 is 14.3 Å². The van der Waals surface area contributed by atoms with E-state index in [-0.39, 0.29) is 6.61 Å². The highest BCUT2D eigenvalue weighted by Crippen LogP contribution is 2.34. The van der Waals surface area contributed by atoms with Gasteiger partial charge in [0.2, 0.25) is 0 Å². The summed E-state index contributed by atoms with van der Waals surface area (Å²) in [5.41, 5.74) is 4.39. The van der Waals surface area contributed by atoms with Crippen molar-refractivity contribution >= 4 is 17.5 Å². The van der Waals surface area contributed by atoms with E-state index in [1.165, 1.54) is 0 Å². The van der Waals surface area contributed by atoms with Crippen LogP contribution >= 0.6 is 0 Å². The van der Waals surface area contributed by atoms with Crippen molar-refractivity contribution in [2.24, 2.45) is 7.05 Å². The molecule has 1 aromatic carbocycles. The number of aromatic amines is 1. The summed E-state index contributed by atoms with van der Waals surface area (Å²) in [7, 11) is 1.88. The Bertz CT molecular complexity index is 982. The third kappa shape index (κ3) is 4.34. The first-order valence-electron chi connectivity index (χ1n) is 9.57. The molecule has 0 radical (unpaired) electrons. The van der Waals surface area contributed by atoms with Crippen molar-refractivity contribution in [2.75, 3.05) is 23.4 Å². The summed E-state index contributed by atoms with van der Waals surface area (Å²) in [4.78, 5) is 21.6. The number of imidazole rings is 1. The zero-order valence-electron chi connectivity index (χ0n) is 16.5. The Morgan fingerprint density at radius 1 is 1.38 bits per heavy atom. The predicted octanol–water partition coefficient (Wildman–Crippen LogP) is 2.85. The number of anilines is 2. The van der Waals surface area contributed by atoms with Gasteiger partial charge >= 0.3 is 6.09 Å². The maximum absolute atomic E-state index is 12.2. The Morgan fingerprint density at radius 3 is 3.03 bits per heavy atom. The third-order valence-electron chi connectivity index (χ3n) is 4.82. The zero-order chi connectivity index (χ0) is 20.2. The minimum Gasteiger partial charge on any atom is -0.490 e. The van der Waals surface area contributed by atoms with E-state index in [0.29, 0.717) is 18.8 Å². The summed E-state index contributed by atoms with van der Waals surface area (Å²) in [6, 6.07) is 7.49. The van der Waals surface area contributed by atoms with Crippen molar-refractivity contribution in [1.82, 2.24) is 19.7 Å². The number of benzene rings is 1. The number of carbonyl (C=O) groups excluding carboxylic acids is 1. The van der Waals surface area contributed by atoms with Crippen molar-refractivity contribution in [2.45, 2.75) is 26.5 Å². The molecule has 3 heterocycles. The molecule has 2 aromatic heterocycles. The molecule has 0 saturated carbocycles. The summed E-state index contributed by atoms with van der Waals surface area (Å²) < 4.78 is 12.9. The van der Waals surface area contributed by atoms with Crippen LogP contribution in [0.1, 0.15) is 24.0 Å². The molecule has 0 spiro atoms. The van der Waals surface area contributed by atoms with Crippen LogP contribution in [0.2, 0.25) is 0 Å². The molecule has 9 heteroatoms. The third-order valence-corrected chi connectivity index (χ3v) is 4.82. The van der Waals surface area contributed by atoms with Gasteiger partial charge < -0.3 is 19.4 Å². The zero-order valence-corrected chi connectivity index (χ0v) is 16.5. The van der Waals surface area contributed by atoms with E-state index in [1.54, 1.807) is 23.3 Å². The second kappa shape index (κ2) is 8.26. The quantitative estimate of drug-likeness (QED) is 0.665. The minimum atomic E-state index is -0.523. The molecule has 2 N–H and O–H groups in total. The fourth-order valence-corrected chi connectivity index (χ4v) is 3.36. The summed E-state index contributed by atoms with van der Waals surface area (Å²) in [6.07, 6.45) is 3.82. The lowest BCUT2D eigenvalue weighted by molar-refractivity contribution is 0.153. The van der Waals surface area contributed by atoms with Gasteiger partial charge in [-0.3, -0.25) is 10.00 Å². The van der Waals surface area contributed by atoms with Crippen LogP contribution in [0.3, 0.4) is 0 Å². The van der Waals surface area contributed by atoms with E-state index in [2.05, 4.69) is 32.2 Å². The largest absolute Gasteiger partial charge is 0.490 e. The molecule has 29 heavy (non-hydrogen) atoms. The molecule has 0 bridgehead atoms. The Hall–Kier alpha value is -3.49. The summed E-state index contributed by atoms with van der Waals surface area (Å²) in [5, 5.41) is 7.12. The standard InChI is InChI=1S/C20H24N6O3/c1-3-17-8-15(24-25(17)2)12-29-20(27)23-14-4-5-19-18(9-14)26(6-7-28-19)11-16-10-21-13-22-16/h4-5,8-10,13H,3,6-7,11-12H2,1-2H3,(H,21,22)(H,23,27). The van der Waals surface area contributed by atoms with Crippen molar-refractivity contribution in [3.63, 3.8) is 0 Å². The molecule has 1 aliphatic rings. The molecule has 3 aromatic rings. The number of hydrogen-bond donors (Lipinski definition) is 2. The second-order valence-corrected chi connectivity index (χ2v) is 6.83. The lowest BCUT2D eigenvalue weighted by Crippen LogP contribution is -2.32.